The fourth-order valence-corrected chi connectivity index (χ4v) is 7.15. The van der Waals surface area contributed by atoms with Crippen molar-refractivity contribution >= 4 is 35.6 Å². The van der Waals surface area contributed by atoms with E-state index >= 15 is 0 Å². The number of aliphatic carboxylic acids is 2. The Hall–Kier alpha value is -6.62. The van der Waals surface area contributed by atoms with Crippen LogP contribution in [0.3, 0.4) is 0 Å². The number of nitrogens with zero attached hydrogens (tertiary/aromatic N) is 1. The number of aromatic hydroxyl groups is 1. The number of rotatable bonds is 19. The van der Waals surface area contributed by atoms with Crippen LogP contribution in [0.15, 0.2) is 103 Å². The Morgan fingerprint density at radius 2 is 1.15 bits per heavy atom. The van der Waals surface area contributed by atoms with Crippen LogP contribution < -0.4 is 27.4 Å². The lowest BCUT2D eigenvalue weighted by Gasteiger charge is -2.31. The van der Waals surface area contributed by atoms with Gasteiger partial charge in [0.1, 0.15) is 36.0 Å². The molecule has 61 heavy (non-hydrogen) atoms. The van der Waals surface area contributed by atoms with Gasteiger partial charge in [-0.25, -0.2) is 4.79 Å². The first-order chi connectivity index (χ1) is 29.1. The highest BCUT2D eigenvalue weighted by Gasteiger charge is 2.41. The van der Waals surface area contributed by atoms with Crippen LogP contribution >= 0.6 is 0 Å². The van der Waals surface area contributed by atoms with Crippen molar-refractivity contribution in [1.29, 1.82) is 0 Å². The lowest BCUT2D eigenvalue weighted by atomic mass is 9.98. The SMILES string of the molecule is C[C@@H](O)[C@H](NC(=O)[C@H](Cc1ccc(O)cc1)NC(=O)[C@@H](N)Cc1ccc(-c2ccc(C[C@H](N)C(=O)O)cc2)cc1)C(=O)N1CCCC1C(=O)N[C@@H](Cc1ccccc1)C(=O)O. The molecule has 1 saturated heterocycles. The van der Waals surface area contributed by atoms with Crippen molar-refractivity contribution in [1.82, 2.24) is 20.9 Å². The fourth-order valence-electron chi connectivity index (χ4n) is 7.15. The second-order valence-corrected chi connectivity index (χ2v) is 15.3. The lowest BCUT2D eigenvalue weighted by molar-refractivity contribution is -0.146. The van der Waals surface area contributed by atoms with E-state index in [4.69, 9.17) is 16.6 Å². The van der Waals surface area contributed by atoms with Crippen molar-refractivity contribution in [3.63, 3.8) is 0 Å². The Morgan fingerprint density at radius 1 is 0.639 bits per heavy atom. The molecule has 1 aliphatic rings. The standard InChI is InChI=1S/C45H52N6O10/c1-26(52)39(43(57)51-21-5-8-38(51)42(56)49-37(45(60)61)25-27-6-3-2-4-7-27)50-41(55)36(24-30-13-19-33(53)20-14-30)48-40(54)34(46)22-28-9-15-31(16-10-28)32-17-11-29(12-18-32)23-35(47)44(58)59/h2-4,6-7,9-20,26,34-39,52-53H,5,8,21-25,46-47H2,1H3,(H,48,54)(H,49,56)(H,50,55)(H,58,59)(H,60,61)/t26-,34+,35+,36+,37+,38?,39+/m1/s1. The van der Waals surface area contributed by atoms with E-state index in [2.05, 4.69) is 16.0 Å². The molecular formula is C45H52N6O10. The Kier molecular flexibility index (Phi) is 15.7. The molecule has 0 aliphatic carbocycles. The smallest absolute Gasteiger partial charge is 0.326 e. The number of amides is 4. The zero-order chi connectivity index (χ0) is 44.2. The summed E-state index contributed by atoms with van der Waals surface area (Å²) >= 11 is 0. The van der Waals surface area contributed by atoms with Gasteiger partial charge in [0.15, 0.2) is 0 Å². The Bertz CT molecular complexity index is 2150. The molecule has 0 saturated carbocycles. The maximum Gasteiger partial charge on any atom is 0.326 e. The highest BCUT2D eigenvalue weighted by molar-refractivity contribution is 5.96. The molecule has 1 fully saturated rings. The molecule has 1 aliphatic heterocycles. The molecule has 16 heteroatoms. The maximum absolute atomic E-state index is 14.0. The van der Waals surface area contributed by atoms with Crippen LogP contribution in [0.25, 0.3) is 11.1 Å². The zero-order valence-electron chi connectivity index (χ0n) is 33.6. The van der Waals surface area contributed by atoms with E-state index in [9.17, 15) is 44.1 Å². The second-order valence-electron chi connectivity index (χ2n) is 15.3. The molecule has 1 heterocycles. The monoisotopic (exact) mass is 836 g/mol. The van der Waals surface area contributed by atoms with Crippen LogP contribution in [-0.2, 0) is 54.5 Å². The average molecular weight is 837 g/mol. The molecule has 11 N–H and O–H groups in total. The van der Waals surface area contributed by atoms with Gasteiger partial charge in [0.25, 0.3) is 0 Å². The minimum Gasteiger partial charge on any atom is -0.508 e. The highest BCUT2D eigenvalue weighted by Crippen LogP contribution is 2.23. The van der Waals surface area contributed by atoms with Crippen molar-refractivity contribution in [3.05, 3.63) is 125 Å². The minimum atomic E-state index is -1.54. The molecular weight excluding hydrogens is 785 g/mol. The van der Waals surface area contributed by atoms with Gasteiger partial charge >= 0.3 is 11.9 Å². The highest BCUT2D eigenvalue weighted by atomic mass is 16.4. The van der Waals surface area contributed by atoms with Crippen LogP contribution in [0.2, 0.25) is 0 Å². The molecule has 0 radical (unpaired) electrons. The Balaban J connectivity index is 1.25. The van der Waals surface area contributed by atoms with E-state index < -0.39 is 77.9 Å². The summed E-state index contributed by atoms with van der Waals surface area (Å²) in [5.41, 5.74) is 16.5. The van der Waals surface area contributed by atoms with Gasteiger partial charge in [0.05, 0.1) is 12.1 Å². The number of likely N-dealkylation sites (tertiary alicyclic amines) is 1. The summed E-state index contributed by atoms with van der Waals surface area (Å²) in [5, 5.41) is 47.3. The molecule has 16 nitrogen and oxygen atoms in total. The molecule has 7 atom stereocenters. The summed E-state index contributed by atoms with van der Waals surface area (Å²) in [6.45, 7) is 1.42. The first-order valence-corrected chi connectivity index (χ1v) is 20.0. The van der Waals surface area contributed by atoms with Gasteiger partial charge in [0, 0.05) is 19.4 Å². The summed E-state index contributed by atoms with van der Waals surface area (Å²) in [6, 6.07) is 22.2. The van der Waals surface area contributed by atoms with Gasteiger partial charge in [0.2, 0.25) is 23.6 Å². The number of carbonyl (C=O) groups is 6. The molecule has 0 aromatic heterocycles. The topological polar surface area (TPSA) is 275 Å². The van der Waals surface area contributed by atoms with Crippen molar-refractivity contribution in [3.8, 4) is 16.9 Å². The van der Waals surface area contributed by atoms with Crippen LogP contribution in [0.4, 0.5) is 0 Å². The molecule has 4 amide bonds. The van der Waals surface area contributed by atoms with Gasteiger partial charge in [-0.3, -0.25) is 24.0 Å². The number of hydrogen-bond donors (Lipinski definition) is 9. The predicted octanol–water partition coefficient (Wildman–Crippen LogP) is 1.28. The largest absolute Gasteiger partial charge is 0.508 e. The number of carbonyl (C=O) groups excluding carboxylic acids is 4. The summed E-state index contributed by atoms with van der Waals surface area (Å²) in [6.07, 6.45) is -0.549. The number of carboxylic acids is 2. The number of hydrogen-bond acceptors (Lipinski definition) is 10. The average Bonchev–Trinajstić information content (AvgIpc) is 3.74. The summed E-state index contributed by atoms with van der Waals surface area (Å²) in [4.78, 5) is 79.4. The summed E-state index contributed by atoms with van der Waals surface area (Å²) in [7, 11) is 0. The predicted molar refractivity (Wildman–Crippen MR) is 225 cm³/mol. The van der Waals surface area contributed by atoms with E-state index in [-0.39, 0.29) is 44.4 Å². The van der Waals surface area contributed by atoms with Crippen molar-refractivity contribution < 1.29 is 49.2 Å². The first kappa shape index (κ1) is 45.5. The third kappa shape index (κ3) is 12.7. The van der Waals surface area contributed by atoms with E-state index in [1.807, 2.05) is 48.5 Å². The second kappa shape index (κ2) is 21.1. The molecule has 4 aromatic rings. The van der Waals surface area contributed by atoms with Crippen LogP contribution in [-0.4, -0.2) is 110 Å². The molecule has 1 unspecified atom stereocenters. The normalized spacial score (nSPS) is 16.6. The summed E-state index contributed by atoms with van der Waals surface area (Å²) in [5.74, 6) is -5.27. The van der Waals surface area contributed by atoms with Crippen LogP contribution in [0.5, 0.6) is 5.75 Å². The van der Waals surface area contributed by atoms with Gasteiger partial charge in [-0.1, -0.05) is 91.0 Å². The first-order valence-electron chi connectivity index (χ1n) is 20.0. The van der Waals surface area contributed by atoms with E-state index in [0.717, 1.165) is 22.3 Å². The van der Waals surface area contributed by atoms with Gasteiger partial charge in [-0.05, 0) is 78.1 Å². The quantitative estimate of drug-likeness (QED) is 0.0647. The molecule has 0 bridgehead atoms. The van der Waals surface area contributed by atoms with Gasteiger partial charge < -0.3 is 52.7 Å². The lowest BCUT2D eigenvalue weighted by Crippen LogP contribution is -2.61. The number of nitrogens with one attached hydrogen (secondary N) is 3. The zero-order valence-corrected chi connectivity index (χ0v) is 33.6. The van der Waals surface area contributed by atoms with Crippen LogP contribution in [0, 0.1) is 0 Å². The third-order valence-corrected chi connectivity index (χ3v) is 10.6. The van der Waals surface area contributed by atoms with Gasteiger partial charge in [-0.15, -0.1) is 0 Å². The number of nitrogens with two attached hydrogens (primary N) is 2. The number of phenols is 1. The fraction of sp³-hybridized carbons (Fsp3) is 0.333. The molecule has 0 spiro atoms. The Morgan fingerprint density at radius 3 is 1.69 bits per heavy atom. The van der Waals surface area contributed by atoms with Crippen molar-refractivity contribution in [2.75, 3.05) is 6.54 Å². The number of aliphatic hydroxyl groups excluding tert-OH is 1. The van der Waals surface area contributed by atoms with E-state index in [0.29, 0.717) is 17.5 Å². The third-order valence-electron chi connectivity index (χ3n) is 10.6. The van der Waals surface area contributed by atoms with Gasteiger partial charge in [-0.2, -0.15) is 0 Å². The molecule has 5 rings (SSSR count). The van der Waals surface area contributed by atoms with Crippen molar-refractivity contribution in [2.45, 2.75) is 87.8 Å². The number of aliphatic hydroxyl groups is 1. The van der Waals surface area contributed by atoms with E-state index in [1.54, 1.807) is 42.5 Å². The summed E-state index contributed by atoms with van der Waals surface area (Å²) < 4.78 is 0. The number of carboxylic acid groups (broad SMARTS) is 2. The number of benzene rings is 4. The minimum absolute atomic E-state index is 0.0157. The molecule has 4 aromatic carbocycles. The van der Waals surface area contributed by atoms with E-state index in [1.165, 1.54) is 24.0 Å². The maximum atomic E-state index is 14.0. The van der Waals surface area contributed by atoms with Crippen molar-refractivity contribution in [2.24, 2.45) is 11.5 Å². The number of phenolic OH excluding ortho intramolecular Hbond substituents is 1. The van der Waals surface area contributed by atoms with Crippen LogP contribution in [0.1, 0.15) is 42.0 Å². The molecule has 322 valence electrons. The Labute approximate surface area is 352 Å².